The molecule has 1 unspecified atom stereocenters. The van der Waals surface area contributed by atoms with Gasteiger partial charge in [0.1, 0.15) is 0 Å². The van der Waals surface area contributed by atoms with Gasteiger partial charge in [0.15, 0.2) is 5.78 Å². The van der Waals surface area contributed by atoms with E-state index >= 15 is 0 Å². The molecule has 2 fully saturated rings. The normalized spacial score (nSPS) is 26.9. The molecular formula is C19H24O. The molecule has 0 saturated heterocycles. The first-order valence-electron chi connectivity index (χ1n) is 8.12. The second kappa shape index (κ2) is 6.39. The Hall–Kier alpha value is -1.37. The smallest absolute Gasteiger partial charge is 0.159 e. The molecule has 1 nitrogen and oxygen atoms in total. The summed E-state index contributed by atoms with van der Waals surface area (Å²) in [5, 5.41) is 0. The van der Waals surface area contributed by atoms with Crippen molar-refractivity contribution in [1.82, 2.24) is 0 Å². The predicted octanol–water partition coefficient (Wildman–Crippen LogP) is 5.02. The second-order valence-corrected chi connectivity index (χ2v) is 6.40. The largest absolute Gasteiger partial charge is 0.295 e. The standard InChI is InChI=1S/C19H24O/c20-19-14-17(16-9-5-2-6-10-16)11-12-18(19)13-15-7-3-1-4-8-15/h1,3-4,7-8,13,16-17H,2,5-6,9-12,14H2/b18-13-. The molecule has 0 heterocycles. The van der Waals surface area contributed by atoms with E-state index in [-0.39, 0.29) is 0 Å². The Balaban J connectivity index is 1.65. The van der Waals surface area contributed by atoms with Gasteiger partial charge in [-0.25, -0.2) is 0 Å². The molecule has 0 aromatic heterocycles. The zero-order chi connectivity index (χ0) is 13.8. The number of allylic oxidation sites excluding steroid dienone is 1. The molecule has 20 heavy (non-hydrogen) atoms. The van der Waals surface area contributed by atoms with Crippen LogP contribution in [0.1, 0.15) is 56.9 Å². The van der Waals surface area contributed by atoms with Crippen molar-refractivity contribution in [1.29, 1.82) is 0 Å². The van der Waals surface area contributed by atoms with Gasteiger partial charge >= 0.3 is 0 Å². The van der Waals surface area contributed by atoms with E-state index in [1.807, 2.05) is 18.2 Å². The molecule has 0 N–H and O–H groups in total. The van der Waals surface area contributed by atoms with Gasteiger partial charge in [-0.1, -0.05) is 62.4 Å². The third-order valence-electron chi connectivity index (χ3n) is 5.05. The lowest BCUT2D eigenvalue weighted by atomic mass is 9.72. The molecular weight excluding hydrogens is 244 g/mol. The van der Waals surface area contributed by atoms with Crippen LogP contribution in [0.5, 0.6) is 0 Å². The summed E-state index contributed by atoms with van der Waals surface area (Å²) in [6.45, 7) is 0. The first-order chi connectivity index (χ1) is 9.83. The summed E-state index contributed by atoms with van der Waals surface area (Å²) in [6, 6.07) is 10.2. The monoisotopic (exact) mass is 268 g/mol. The van der Waals surface area contributed by atoms with Crippen molar-refractivity contribution in [3.63, 3.8) is 0 Å². The number of Topliss-reactive ketones (excluding diaryl/α,β-unsaturated/α-hetero) is 1. The van der Waals surface area contributed by atoms with E-state index < -0.39 is 0 Å². The highest BCUT2D eigenvalue weighted by atomic mass is 16.1. The number of carbonyl (C=O) groups excluding carboxylic acids is 1. The summed E-state index contributed by atoms with van der Waals surface area (Å²) < 4.78 is 0. The highest BCUT2D eigenvalue weighted by Gasteiger charge is 2.30. The lowest BCUT2D eigenvalue weighted by Crippen LogP contribution is -2.25. The molecule has 2 aliphatic rings. The van der Waals surface area contributed by atoms with Gasteiger partial charge in [-0.3, -0.25) is 4.79 Å². The summed E-state index contributed by atoms with van der Waals surface area (Å²) in [7, 11) is 0. The number of carbonyl (C=O) groups is 1. The lowest BCUT2D eigenvalue weighted by molar-refractivity contribution is -0.118. The molecule has 1 heteroatoms. The topological polar surface area (TPSA) is 17.1 Å². The number of benzene rings is 1. The fraction of sp³-hybridized carbons (Fsp3) is 0.526. The zero-order valence-electron chi connectivity index (χ0n) is 12.2. The van der Waals surface area contributed by atoms with Crippen LogP contribution in [-0.2, 0) is 4.79 Å². The number of rotatable bonds is 2. The van der Waals surface area contributed by atoms with Crippen molar-refractivity contribution < 1.29 is 4.79 Å². The highest BCUT2D eigenvalue weighted by molar-refractivity contribution is 6.00. The van der Waals surface area contributed by atoms with Gasteiger partial charge in [-0.05, 0) is 41.9 Å². The second-order valence-electron chi connectivity index (χ2n) is 6.40. The van der Waals surface area contributed by atoms with Crippen LogP contribution >= 0.6 is 0 Å². The molecule has 106 valence electrons. The Labute approximate surface area is 122 Å². The van der Waals surface area contributed by atoms with Gasteiger partial charge in [0.25, 0.3) is 0 Å². The van der Waals surface area contributed by atoms with E-state index in [0.717, 1.165) is 29.9 Å². The molecule has 1 aromatic rings. The summed E-state index contributed by atoms with van der Waals surface area (Å²) in [4.78, 5) is 12.4. The Kier molecular flexibility index (Phi) is 4.34. The Morgan fingerprint density at radius 2 is 1.65 bits per heavy atom. The van der Waals surface area contributed by atoms with E-state index in [0.29, 0.717) is 11.7 Å². The van der Waals surface area contributed by atoms with Gasteiger partial charge in [-0.2, -0.15) is 0 Å². The molecule has 0 bridgehead atoms. The van der Waals surface area contributed by atoms with Gasteiger partial charge in [0.2, 0.25) is 0 Å². The van der Waals surface area contributed by atoms with Crippen molar-refractivity contribution in [2.24, 2.45) is 11.8 Å². The van der Waals surface area contributed by atoms with Gasteiger partial charge in [-0.15, -0.1) is 0 Å². The van der Waals surface area contributed by atoms with Crippen molar-refractivity contribution >= 4 is 11.9 Å². The first-order valence-corrected chi connectivity index (χ1v) is 8.12. The fourth-order valence-corrected chi connectivity index (χ4v) is 3.86. The SMILES string of the molecule is O=C1CC(C2CCCCC2)CC/C1=C/c1ccccc1. The van der Waals surface area contributed by atoms with E-state index in [1.165, 1.54) is 38.5 Å². The summed E-state index contributed by atoms with van der Waals surface area (Å²) in [5.41, 5.74) is 2.20. The predicted molar refractivity (Wildman–Crippen MR) is 83.3 cm³/mol. The Bertz CT molecular complexity index is 480. The summed E-state index contributed by atoms with van der Waals surface area (Å²) >= 11 is 0. The van der Waals surface area contributed by atoms with Crippen LogP contribution < -0.4 is 0 Å². The van der Waals surface area contributed by atoms with Gasteiger partial charge in [0, 0.05) is 6.42 Å². The fourth-order valence-electron chi connectivity index (χ4n) is 3.86. The molecule has 0 amide bonds. The van der Waals surface area contributed by atoms with E-state index in [4.69, 9.17) is 0 Å². The van der Waals surface area contributed by atoms with Crippen LogP contribution in [0.15, 0.2) is 35.9 Å². The van der Waals surface area contributed by atoms with Crippen molar-refractivity contribution in [2.45, 2.75) is 51.4 Å². The maximum atomic E-state index is 12.4. The number of hydrogen-bond donors (Lipinski definition) is 0. The quantitative estimate of drug-likeness (QED) is 0.688. The van der Waals surface area contributed by atoms with Crippen molar-refractivity contribution in [3.05, 3.63) is 41.5 Å². The average molecular weight is 268 g/mol. The highest BCUT2D eigenvalue weighted by Crippen LogP contribution is 2.38. The molecule has 2 aliphatic carbocycles. The van der Waals surface area contributed by atoms with Crippen LogP contribution in [0, 0.1) is 11.8 Å². The zero-order valence-corrected chi connectivity index (χ0v) is 12.2. The maximum absolute atomic E-state index is 12.4. The number of hydrogen-bond acceptors (Lipinski definition) is 1. The van der Waals surface area contributed by atoms with Gasteiger partial charge in [0.05, 0.1) is 0 Å². The van der Waals surface area contributed by atoms with E-state index in [2.05, 4.69) is 18.2 Å². The minimum Gasteiger partial charge on any atom is -0.295 e. The Morgan fingerprint density at radius 1 is 0.900 bits per heavy atom. The maximum Gasteiger partial charge on any atom is 0.159 e. The number of ketones is 1. The lowest BCUT2D eigenvalue weighted by Gasteiger charge is -2.33. The molecule has 0 spiro atoms. The molecule has 1 aromatic carbocycles. The van der Waals surface area contributed by atoms with Crippen molar-refractivity contribution in [2.75, 3.05) is 0 Å². The van der Waals surface area contributed by atoms with Crippen LogP contribution in [0.3, 0.4) is 0 Å². The summed E-state index contributed by atoms with van der Waals surface area (Å²) in [5.74, 6) is 1.89. The van der Waals surface area contributed by atoms with Crippen LogP contribution in [0.2, 0.25) is 0 Å². The average Bonchev–Trinajstić information content (AvgIpc) is 2.51. The van der Waals surface area contributed by atoms with E-state index in [9.17, 15) is 4.79 Å². The molecule has 0 aliphatic heterocycles. The minimum atomic E-state index is 0.399. The molecule has 1 atom stereocenters. The first kappa shape index (κ1) is 13.6. The molecule has 2 saturated carbocycles. The van der Waals surface area contributed by atoms with Gasteiger partial charge < -0.3 is 0 Å². The van der Waals surface area contributed by atoms with Crippen LogP contribution in [0.25, 0.3) is 6.08 Å². The minimum absolute atomic E-state index is 0.399. The third-order valence-corrected chi connectivity index (χ3v) is 5.05. The van der Waals surface area contributed by atoms with Crippen molar-refractivity contribution in [3.8, 4) is 0 Å². The molecule has 0 radical (unpaired) electrons. The van der Waals surface area contributed by atoms with Crippen LogP contribution in [0.4, 0.5) is 0 Å². The Morgan fingerprint density at radius 3 is 2.35 bits per heavy atom. The molecule has 3 rings (SSSR count). The third kappa shape index (κ3) is 3.20. The summed E-state index contributed by atoms with van der Waals surface area (Å²) in [6.07, 6.45) is 12.0. The van der Waals surface area contributed by atoms with E-state index in [1.54, 1.807) is 0 Å². The van der Waals surface area contributed by atoms with Crippen LogP contribution in [-0.4, -0.2) is 5.78 Å².